The molecule has 32 heavy (non-hydrogen) atoms. The molecule has 0 saturated carbocycles. The highest BCUT2D eigenvalue weighted by Gasteiger charge is 2.15. The molecule has 0 aliphatic heterocycles. The van der Waals surface area contributed by atoms with Crippen LogP contribution in [0.3, 0.4) is 0 Å². The molecule has 7 nitrogen and oxygen atoms in total. The first-order valence-corrected chi connectivity index (χ1v) is 9.84. The summed E-state index contributed by atoms with van der Waals surface area (Å²) in [6, 6.07) is 14.9. The first-order chi connectivity index (χ1) is 15.4. The third-order valence-electron chi connectivity index (χ3n) is 4.78. The molecule has 158 valence electrons. The zero-order valence-electron chi connectivity index (χ0n) is 17.8. The minimum atomic E-state index is -0.945. The summed E-state index contributed by atoms with van der Waals surface area (Å²) in [5, 5.41) is 34.5. The van der Waals surface area contributed by atoms with Crippen LogP contribution in [0, 0.1) is 36.5 Å². The number of nitrogens with one attached hydrogen (secondary N) is 2. The molecule has 1 heterocycles. The van der Waals surface area contributed by atoms with Gasteiger partial charge in [-0.05, 0) is 73.0 Å². The Bertz CT molecular complexity index is 1230. The maximum Gasteiger partial charge on any atom is 0.229 e. The molecule has 3 rings (SSSR count). The third kappa shape index (κ3) is 5.17. The van der Waals surface area contributed by atoms with Gasteiger partial charge in [-0.1, -0.05) is 6.08 Å². The van der Waals surface area contributed by atoms with Gasteiger partial charge in [0.15, 0.2) is 0 Å². The molecule has 0 fully saturated rings. The van der Waals surface area contributed by atoms with Crippen LogP contribution in [0.4, 0.5) is 23.1 Å². The number of aromatic nitrogens is 2. The van der Waals surface area contributed by atoms with Crippen LogP contribution in [0.15, 0.2) is 61.3 Å². The van der Waals surface area contributed by atoms with Crippen molar-refractivity contribution in [1.82, 2.24) is 9.97 Å². The van der Waals surface area contributed by atoms with Crippen molar-refractivity contribution in [2.45, 2.75) is 20.0 Å². The molecule has 1 atom stereocenters. The van der Waals surface area contributed by atoms with Crippen LogP contribution in [0.2, 0.25) is 0 Å². The largest absolute Gasteiger partial charge is 0.384 e. The van der Waals surface area contributed by atoms with Crippen molar-refractivity contribution >= 4 is 29.2 Å². The minimum Gasteiger partial charge on any atom is -0.384 e. The quantitative estimate of drug-likeness (QED) is 0.353. The van der Waals surface area contributed by atoms with Gasteiger partial charge in [-0.2, -0.15) is 15.5 Å². The Hall–Kier alpha value is -4.46. The Kier molecular flexibility index (Phi) is 6.97. The molecule has 0 amide bonds. The lowest BCUT2D eigenvalue weighted by molar-refractivity contribution is 0.229. The topological polar surface area (TPSA) is 118 Å². The summed E-state index contributed by atoms with van der Waals surface area (Å²) in [4.78, 5) is 8.87. The van der Waals surface area contributed by atoms with E-state index in [1.165, 1.54) is 12.2 Å². The van der Waals surface area contributed by atoms with E-state index in [0.29, 0.717) is 22.9 Å². The van der Waals surface area contributed by atoms with Crippen molar-refractivity contribution in [3.63, 3.8) is 0 Å². The number of benzene rings is 2. The van der Waals surface area contributed by atoms with E-state index in [2.05, 4.69) is 33.2 Å². The van der Waals surface area contributed by atoms with Crippen molar-refractivity contribution in [2.24, 2.45) is 0 Å². The van der Waals surface area contributed by atoms with E-state index < -0.39 is 6.10 Å². The summed E-state index contributed by atoms with van der Waals surface area (Å²) in [7, 11) is 0. The van der Waals surface area contributed by atoms with Gasteiger partial charge < -0.3 is 15.7 Å². The smallest absolute Gasteiger partial charge is 0.229 e. The highest BCUT2D eigenvalue weighted by molar-refractivity contribution is 5.71. The second-order valence-corrected chi connectivity index (χ2v) is 7.11. The summed E-state index contributed by atoms with van der Waals surface area (Å²) >= 11 is 0. The Morgan fingerprint density at radius 1 is 1.09 bits per heavy atom. The highest BCUT2D eigenvalue weighted by atomic mass is 16.3. The van der Waals surface area contributed by atoms with Gasteiger partial charge in [-0.3, -0.25) is 0 Å². The summed E-state index contributed by atoms with van der Waals surface area (Å²) < 4.78 is 0. The molecule has 0 aliphatic rings. The number of allylic oxidation sites excluding steroid dienone is 1. The summed E-state index contributed by atoms with van der Waals surface area (Å²) in [5.74, 6) is 0.774. The normalized spacial score (nSPS) is 11.4. The fourth-order valence-electron chi connectivity index (χ4n) is 3.19. The SMILES string of the molecule is C=CC(O)c1cnc(Nc2ccc(C#N)cc2)nc1Nc1c(C)cc(/C=C/C#N)cc1C. The molecule has 3 aromatic rings. The van der Waals surface area contributed by atoms with Crippen molar-refractivity contribution in [3.8, 4) is 12.1 Å². The molecule has 7 heteroatoms. The van der Waals surface area contributed by atoms with Gasteiger partial charge in [-0.15, -0.1) is 6.58 Å². The first-order valence-electron chi connectivity index (χ1n) is 9.84. The van der Waals surface area contributed by atoms with Gasteiger partial charge in [0.25, 0.3) is 0 Å². The lowest BCUT2D eigenvalue weighted by Gasteiger charge is -2.18. The molecule has 1 aromatic heterocycles. The Labute approximate surface area is 187 Å². The molecule has 3 N–H and O–H groups in total. The van der Waals surface area contributed by atoms with Crippen LogP contribution >= 0.6 is 0 Å². The van der Waals surface area contributed by atoms with E-state index in [-0.39, 0.29) is 0 Å². The van der Waals surface area contributed by atoms with Gasteiger partial charge in [0.2, 0.25) is 5.95 Å². The van der Waals surface area contributed by atoms with Crippen LogP contribution in [0.5, 0.6) is 0 Å². The lowest BCUT2D eigenvalue weighted by Crippen LogP contribution is -2.08. The van der Waals surface area contributed by atoms with Crippen molar-refractivity contribution in [2.75, 3.05) is 10.6 Å². The number of aliphatic hydroxyl groups excluding tert-OH is 1. The lowest BCUT2D eigenvalue weighted by atomic mass is 10.0. The molecular formula is C25H22N6O. The number of nitriles is 2. The molecule has 0 saturated heterocycles. The predicted molar refractivity (Wildman–Crippen MR) is 125 cm³/mol. The van der Waals surface area contributed by atoms with E-state index in [1.807, 2.05) is 32.0 Å². The second-order valence-electron chi connectivity index (χ2n) is 7.11. The van der Waals surface area contributed by atoms with Crippen molar-refractivity contribution < 1.29 is 5.11 Å². The zero-order chi connectivity index (χ0) is 23.1. The monoisotopic (exact) mass is 422 g/mol. The maximum absolute atomic E-state index is 10.4. The van der Waals surface area contributed by atoms with Gasteiger partial charge in [0.05, 0.1) is 17.7 Å². The van der Waals surface area contributed by atoms with Crippen LogP contribution in [-0.2, 0) is 0 Å². The number of anilines is 4. The standard InChI is InChI=1S/C25H22N6O/c1-4-22(32)21-15-28-25(29-20-9-7-18(14-27)8-10-20)31-24(21)30-23-16(2)12-19(6-5-11-26)13-17(23)3/h4-10,12-13,15,22,32H,1H2,2-3H3,(H2,28,29,30,31)/b6-5+. The van der Waals surface area contributed by atoms with Crippen molar-refractivity contribution in [3.05, 3.63) is 89.1 Å². The summed E-state index contributed by atoms with van der Waals surface area (Å²) in [5.41, 5.74) is 5.46. The fourth-order valence-corrected chi connectivity index (χ4v) is 3.19. The third-order valence-corrected chi connectivity index (χ3v) is 4.78. The molecule has 1 unspecified atom stereocenters. The first kappa shape index (κ1) is 22.2. The predicted octanol–water partition coefficient (Wildman–Crippen LogP) is 5.21. The Morgan fingerprint density at radius 2 is 1.78 bits per heavy atom. The number of nitrogens with zero attached hydrogens (tertiary/aromatic N) is 4. The van der Waals surface area contributed by atoms with E-state index in [0.717, 1.165) is 28.1 Å². The number of aryl methyl sites for hydroxylation is 2. The Balaban J connectivity index is 1.97. The van der Waals surface area contributed by atoms with Crippen LogP contribution in [-0.4, -0.2) is 15.1 Å². The highest BCUT2D eigenvalue weighted by Crippen LogP contribution is 2.30. The average Bonchev–Trinajstić information content (AvgIpc) is 2.80. The number of rotatable bonds is 7. The van der Waals surface area contributed by atoms with Crippen molar-refractivity contribution in [1.29, 1.82) is 10.5 Å². The Morgan fingerprint density at radius 3 is 2.38 bits per heavy atom. The zero-order valence-corrected chi connectivity index (χ0v) is 17.8. The van der Waals surface area contributed by atoms with E-state index in [1.54, 1.807) is 36.5 Å². The summed E-state index contributed by atoms with van der Waals surface area (Å²) in [6.07, 6.45) is 5.20. The molecule has 0 radical (unpaired) electrons. The molecule has 2 aromatic carbocycles. The molecule has 0 spiro atoms. The number of aliphatic hydroxyl groups is 1. The molecular weight excluding hydrogens is 400 g/mol. The minimum absolute atomic E-state index is 0.334. The van der Waals surface area contributed by atoms with Gasteiger partial charge in [-0.25, -0.2) is 4.98 Å². The molecule has 0 aliphatic carbocycles. The second kappa shape index (κ2) is 10.0. The van der Waals surface area contributed by atoms with Gasteiger partial charge in [0, 0.05) is 29.2 Å². The van der Waals surface area contributed by atoms with Crippen LogP contribution in [0.25, 0.3) is 6.08 Å². The maximum atomic E-state index is 10.4. The van der Waals surface area contributed by atoms with Crippen LogP contribution < -0.4 is 10.6 Å². The number of hydrogen-bond acceptors (Lipinski definition) is 7. The van der Waals surface area contributed by atoms with Gasteiger partial charge in [0.1, 0.15) is 11.9 Å². The van der Waals surface area contributed by atoms with E-state index in [4.69, 9.17) is 10.5 Å². The van der Waals surface area contributed by atoms with E-state index >= 15 is 0 Å². The molecule has 0 bridgehead atoms. The van der Waals surface area contributed by atoms with Crippen LogP contribution in [0.1, 0.15) is 33.9 Å². The number of hydrogen-bond donors (Lipinski definition) is 3. The van der Waals surface area contributed by atoms with Gasteiger partial charge >= 0.3 is 0 Å². The average molecular weight is 422 g/mol. The fraction of sp³-hybridized carbons (Fsp3) is 0.120. The van der Waals surface area contributed by atoms with E-state index in [9.17, 15) is 5.11 Å². The summed E-state index contributed by atoms with van der Waals surface area (Å²) in [6.45, 7) is 7.57.